The predicted octanol–water partition coefficient (Wildman–Crippen LogP) is 2.70. The number of rotatable bonds is 10. The van der Waals surface area contributed by atoms with E-state index in [9.17, 15) is 4.79 Å². The van der Waals surface area contributed by atoms with Crippen LogP contribution in [0.15, 0.2) is 24.3 Å². The molecular formula is C18H24O4. The molecule has 0 N–H and O–H groups in total. The number of ether oxygens (including phenoxy) is 3. The van der Waals surface area contributed by atoms with Crippen molar-refractivity contribution in [1.82, 2.24) is 0 Å². The zero-order valence-corrected chi connectivity index (χ0v) is 13.4. The van der Waals surface area contributed by atoms with Gasteiger partial charge in [0.05, 0.1) is 26.4 Å². The van der Waals surface area contributed by atoms with Gasteiger partial charge >= 0.3 is 0 Å². The fraction of sp³-hybridized carbons (Fsp3) is 0.500. The molecule has 0 atom stereocenters. The monoisotopic (exact) mass is 304 g/mol. The van der Waals surface area contributed by atoms with E-state index < -0.39 is 0 Å². The van der Waals surface area contributed by atoms with Crippen LogP contribution in [0.2, 0.25) is 0 Å². The number of hydrogen-bond acceptors (Lipinski definition) is 4. The zero-order chi connectivity index (χ0) is 16.0. The minimum Gasteiger partial charge on any atom is -0.379 e. The number of Topliss-reactive ketones (excluding diaryl/α,β-unsaturated/α-hetero) is 1. The average molecular weight is 304 g/mol. The summed E-state index contributed by atoms with van der Waals surface area (Å²) in [4.78, 5) is 11.3. The Bertz CT molecular complexity index is 499. The minimum absolute atomic E-state index is 0.0416. The first-order valence-corrected chi connectivity index (χ1v) is 7.57. The van der Waals surface area contributed by atoms with Crippen LogP contribution in [-0.4, -0.2) is 45.4 Å². The molecule has 0 amide bonds. The molecule has 0 bridgehead atoms. The molecule has 4 nitrogen and oxygen atoms in total. The molecule has 0 spiro atoms. The Morgan fingerprint density at radius 3 is 2.41 bits per heavy atom. The number of carbonyl (C=O) groups excluding carboxylic acids is 1. The molecule has 0 unspecified atom stereocenters. The predicted molar refractivity (Wildman–Crippen MR) is 86.1 cm³/mol. The molecule has 4 heteroatoms. The van der Waals surface area contributed by atoms with Crippen LogP contribution in [-0.2, 0) is 14.2 Å². The van der Waals surface area contributed by atoms with Crippen molar-refractivity contribution >= 4 is 5.78 Å². The highest BCUT2D eigenvalue weighted by molar-refractivity contribution is 5.94. The van der Waals surface area contributed by atoms with Crippen LogP contribution >= 0.6 is 0 Å². The van der Waals surface area contributed by atoms with Gasteiger partial charge in [-0.3, -0.25) is 4.79 Å². The Morgan fingerprint density at radius 2 is 1.73 bits per heavy atom. The molecule has 1 rings (SSSR count). The van der Waals surface area contributed by atoms with E-state index in [2.05, 4.69) is 18.8 Å². The zero-order valence-electron chi connectivity index (χ0n) is 13.4. The maximum Gasteiger partial charge on any atom is 0.159 e. The fourth-order valence-electron chi connectivity index (χ4n) is 1.66. The van der Waals surface area contributed by atoms with E-state index in [0.29, 0.717) is 38.6 Å². The van der Waals surface area contributed by atoms with Crippen LogP contribution in [0.5, 0.6) is 0 Å². The first kappa shape index (κ1) is 18.4. The van der Waals surface area contributed by atoms with Crippen LogP contribution in [0, 0.1) is 11.8 Å². The molecule has 0 radical (unpaired) electrons. The van der Waals surface area contributed by atoms with Crippen molar-refractivity contribution in [2.75, 3.05) is 39.6 Å². The topological polar surface area (TPSA) is 44.8 Å². The van der Waals surface area contributed by atoms with Crippen molar-refractivity contribution in [1.29, 1.82) is 0 Å². The van der Waals surface area contributed by atoms with Crippen LogP contribution in [0.4, 0.5) is 0 Å². The molecular weight excluding hydrogens is 280 g/mol. The Morgan fingerprint density at radius 1 is 1.05 bits per heavy atom. The van der Waals surface area contributed by atoms with Gasteiger partial charge in [0.1, 0.15) is 6.61 Å². The van der Waals surface area contributed by atoms with E-state index in [1.807, 2.05) is 12.1 Å². The summed E-state index contributed by atoms with van der Waals surface area (Å²) >= 11 is 0. The molecule has 1 aromatic rings. The molecule has 0 saturated carbocycles. The third-order valence-corrected chi connectivity index (χ3v) is 2.77. The van der Waals surface area contributed by atoms with E-state index in [1.54, 1.807) is 19.1 Å². The lowest BCUT2D eigenvalue weighted by Gasteiger charge is -2.04. The van der Waals surface area contributed by atoms with Gasteiger partial charge < -0.3 is 14.2 Å². The van der Waals surface area contributed by atoms with Gasteiger partial charge in [0, 0.05) is 17.7 Å². The minimum atomic E-state index is 0.0416. The van der Waals surface area contributed by atoms with Crippen molar-refractivity contribution in [3.05, 3.63) is 35.4 Å². The molecule has 0 aromatic heterocycles. The normalized spacial score (nSPS) is 10.1. The summed E-state index contributed by atoms with van der Waals surface area (Å²) in [5.41, 5.74) is 1.49. The summed E-state index contributed by atoms with van der Waals surface area (Å²) < 4.78 is 16.0. The number of carbonyl (C=O) groups is 1. The van der Waals surface area contributed by atoms with Gasteiger partial charge in [-0.25, -0.2) is 0 Å². The second kappa shape index (κ2) is 11.9. The van der Waals surface area contributed by atoms with Crippen molar-refractivity contribution in [2.24, 2.45) is 0 Å². The molecule has 22 heavy (non-hydrogen) atoms. The van der Waals surface area contributed by atoms with Crippen molar-refractivity contribution < 1.29 is 19.0 Å². The van der Waals surface area contributed by atoms with E-state index in [-0.39, 0.29) is 5.78 Å². The maximum absolute atomic E-state index is 11.3. The van der Waals surface area contributed by atoms with Gasteiger partial charge in [-0.05, 0) is 25.5 Å². The first-order chi connectivity index (χ1) is 10.7. The van der Waals surface area contributed by atoms with Crippen LogP contribution < -0.4 is 0 Å². The SMILES string of the molecule is CCCOCCOCCOCC#Cc1cccc(C(C)=O)c1. The Kier molecular flexibility index (Phi) is 9.97. The molecule has 0 fully saturated rings. The summed E-state index contributed by atoms with van der Waals surface area (Å²) in [7, 11) is 0. The van der Waals surface area contributed by atoms with Crippen LogP contribution in [0.1, 0.15) is 36.2 Å². The highest BCUT2D eigenvalue weighted by Crippen LogP contribution is 2.04. The summed E-state index contributed by atoms with van der Waals surface area (Å²) in [5, 5.41) is 0. The van der Waals surface area contributed by atoms with Gasteiger partial charge in [0.25, 0.3) is 0 Å². The number of ketones is 1. The van der Waals surface area contributed by atoms with Crippen LogP contribution in [0.3, 0.4) is 0 Å². The van der Waals surface area contributed by atoms with Gasteiger partial charge in [-0.1, -0.05) is 30.9 Å². The fourth-order valence-corrected chi connectivity index (χ4v) is 1.66. The summed E-state index contributed by atoms with van der Waals surface area (Å²) in [5.74, 6) is 5.94. The van der Waals surface area contributed by atoms with Gasteiger partial charge in [-0.15, -0.1) is 0 Å². The van der Waals surface area contributed by atoms with Crippen LogP contribution in [0.25, 0.3) is 0 Å². The molecule has 0 heterocycles. The Balaban J connectivity index is 2.10. The molecule has 1 aromatic carbocycles. The molecule has 120 valence electrons. The van der Waals surface area contributed by atoms with E-state index >= 15 is 0 Å². The lowest BCUT2D eigenvalue weighted by Crippen LogP contribution is -2.09. The van der Waals surface area contributed by atoms with E-state index in [1.165, 1.54) is 0 Å². The van der Waals surface area contributed by atoms with E-state index in [4.69, 9.17) is 14.2 Å². The standard InChI is InChI=1S/C18H24O4/c1-3-9-20-11-13-22-14-12-21-10-5-7-17-6-4-8-18(15-17)16(2)19/h4,6,8,15H,3,9-14H2,1-2H3. The highest BCUT2D eigenvalue weighted by atomic mass is 16.5. The molecule has 0 aliphatic rings. The number of hydrogen-bond donors (Lipinski definition) is 0. The maximum atomic E-state index is 11.3. The molecule has 0 aliphatic carbocycles. The number of benzene rings is 1. The quantitative estimate of drug-likeness (QED) is 0.379. The smallest absolute Gasteiger partial charge is 0.159 e. The van der Waals surface area contributed by atoms with Gasteiger partial charge in [0.15, 0.2) is 5.78 Å². The third-order valence-electron chi connectivity index (χ3n) is 2.77. The summed E-state index contributed by atoms with van der Waals surface area (Å²) in [6.45, 7) is 7.01. The second-order valence-corrected chi connectivity index (χ2v) is 4.72. The largest absolute Gasteiger partial charge is 0.379 e. The average Bonchev–Trinajstić information content (AvgIpc) is 2.53. The van der Waals surface area contributed by atoms with E-state index in [0.717, 1.165) is 18.6 Å². The second-order valence-electron chi connectivity index (χ2n) is 4.72. The molecule has 0 saturated heterocycles. The van der Waals surface area contributed by atoms with Crippen molar-refractivity contribution in [2.45, 2.75) is 20.3 Å². The summed E-state index contributed by atoms with van der Waals surface area (Å²) in [6.07, 6.45) is 1.02. The summed E-state index contributed by atoms with van der Waals surface area (Å²) in [6, 6.07) is 7.27. The van der Waals surface area contributed by atoms with Gasteiger partial charge in [-0.2, -0.15) is 0 Å². The Hall–Kier alpha value is -1.67. The Labute approximate surface area is 132 Å². The van der Waals surface area contributed by atoms with Crippen molar-refractivity contribution in [3.63, 3.8) is 0 Å². The lowest BCUT2D eigenvalue weighted by molar-refractivity contribution is 0.0204. The molecule has 0 aliphatic heterocycles. The first-order valence-electron chi connectivity index (χ1n) is 7.57. The third kappa shape index (κ3) is 8.58. The van der Waals surface area contributed by atoms with Crippen molar-refractivity contribution in [3.8, 4) is 11.8 Å². The van der Waals surface area contributed by atoms with Gasteiger partial charge in [0.2, 0.25) is 0 Å². The lowest BCUT2D eigenvalue weighted by atomic mass is 10.1. The highest BCUT2D eigenvalue weighted by Gasteiger charge is 1.98.